The molecule has 6 nitrogen and oxygen atoms in total. The summed E-state index contributed by atoms with van der Waals surface area (Å²) in [6.07, 6.45) is 0. The van der Waals surface area contributed by atoms with Crippen LogP contribution in [0.3, 0.4) is 0 Å². The molecule has 0 amide bonds. The molecule has 3 heterocycles. The van der Waals surface area contributed by atoms with Crippen LogP contribution in [-0.4, -0.2) is 14.5 Å². The fraction of sp³-hybridized carbons (Fsp3) is 0. The Morgan fingerprint density at radius 3 is 1.75 bits per heavy atom. The Balaban J connectivity index is 1.12. The van der Waals surface area contributed by atoms with E-state index in [0.29, 0.717) is 17.5 Å². The minimum absolute atomic E-state index is 0.489. The van der Waals surface area contributed by atoms with Crippen molar-refractivity contribution in [2.75, 3.05) is 4.90 Å². The topological polar surface area (TPSA) is 60.2 Å². The van der Waals surface area contributed by atoms with Crippen LogP contribution < -0.4 is 4.90 Å². The first-order valence-electron chi connectivity index (χ1n) is 14.5. The molecule has 0 aliphatic rings. The van der Waals surface area contributed by atoms with E-state index in [1.807, 2.05) is 89.8 Å². The largest absolute Gasteiger partial charge is 0.436 e. The number of rotatable bonds is 5. The van der Waals surface area contributed by atoms with Gasteiger partial charge in [0.1, 0.15) is 11.0 Å². The molecule has 0 aliphatic heterocycles. The highest BCUT2D eigenvalue weighted by Crippen LogP contribution is 2.37. The third-order valence-electron chi connectivity index (χ3n) is 8.05. The van der Waals surface area contributed by atoms with Gasteiger partial charge in [0.25, 0.3) is 0 Å². The molecule has 0 fully saturated rings. The lowest BCUT2D eigenvalue weighted by Crippen LogP contribution is -2.09. The molecule has 0 spiro atoms. The fourth-order valence-electron chi connectivity index (χ4n) is 6.05. The lowest BCUT2D eigenvalue weighted by atomic mass is 10.2. The van der Waals surface area contributed by atoms with Crippen LogP contribution in [0.1, 0.15) is 0 Å². The molecule has 9 aromatic rings. The Hall–Kier alpha value is -6.14. The van der Waals surface area contributed by atoms with E-state index in [1.54, 1.807) is 0 Å². The molecule has 9 rings (SSSR count). The number of hydrogen-bond donors (Lipinski definition) is 0. The van der Waals surface area contributed by atoms with Crippen molar-refractivity contribution in [1.82, 2.24) is 14.5 Å². The number of anilines is 3. The molecule has 44 heavy (non-hydrogen) atoms. The minimum Gasteiger partial charge on any atom is -0.436 e. The SMILES string of the molecule is c1ccc(N(c2ccccc2)c2nc3cc(-c4nc5cc(-n6c7ccccc7c7ccccc76)ccc5o4)ccc3o2)cc1. The van der Waals surface area contributed by atoms with Gasteiger partial charge in [-0.25, -0.2) is 4.98 Å². The predicted octanol–water partition coefficient (Wildman–Crippen LogP) is 10.2. The van der Waals surface area contributed by atoms with Crippen molar-refractivity contribution in [3.8, 4) is 17.1 Å². The van der Waals surface area contributed by atoms with E-state index in [1.165, 1.54) is 10.8 Å². The van der Waals surface area contributed by atoms with Crippen LogP contribution >= 0.6 is 0 Å². The smallest absolute Gasteiger partial charge is 0.307 e. The molecule has 0 unspecified atom stereocenters. The Morgan fingerprint density at radius 1 is 0.500 bits per heavy atom. The van der Waals surface area contributed by atoms with E-state index in [4.69, 9.17) is 18.8 Å². The summed E-state index contributed by atoms with van der Waals surface area (Å²) in [6, 6.07) is 49.7. The van der Waals surface area contributed by atoms with Crippen LogP contribution in [0.4, 0.5) is 17.4 Å². The Bertz CT molecular complexity index is 2360. The first kappa shape index (κ1) is 24.5. The number of aromatic nitrogens is 3. The van der Waals surface area contributed by atoms with Gasteiger partial charge in [-0.15, -0.1) is 0 Å². The summed E-state index contributed by atoms with van der Waals surface area (Å²) in [7, 11) is 0. The molecule has 0 saturated heterocycles. The third-order valence-corrected chi connectivity index (χ3v) is 8.05. The van der Waals surface area contributed by atoms with Crippen molar-refractivity contribution in [2.45, 2.75) is 0 Å². The predicted molar refractivity (Wildman–Crippen MR) is 176 cm³/mol. The quantitative estimate of drug-likeness (QED) is 0.207. The van der Waals surface area contributed by atoms with E-state index in [2.05, 4.69) is 65.2 Å². The van der Waals surface area contributed by atoms with Crippen LogP contribution in [0.2, 0.25) is 0 Å². The summed E-state index contributed by atoms with van der Waals surface area (Å²) in [5, 5.41) is 2.45. The average molecular weight is 569 g/mol. The van der Waals surface area contributed by atoms with Gasteiger partial charge in [-0.05, 0) is 72.8 Å². The maximum absolute atomic E-state index is 6.28. The minimum atomic E-state index is 0.489. The summed E-state index contributed by atoms with van der Waals surface area (Å²) in [4.78, 5) is 11.8. The maximum atomic E-state index is 6.28. The first-order valence-corrected chi connectivity index (χ1v) is 14.5. The van der Waals surface area contributed by atoms with Crippen molar-refractivity contribution in [3.05, 3.63) is 146 Å². The van der Waals surface area contributed by atoms with Gasteiger partial charge in [-0.2, -0.15) is 4.98 Å². The van der Waals surface area contributed by atoms with Crippen LogP contribution in [0.15, 0.2) is 154 Å². The molecular weight excluding hydrogens is 544 g/mol. The summed E-state index contributed by atoms with van der Waals surface area (Å²) < 4.78 is 14.8. The second-order valence-corrected chi connectivity index (χ2v) is 10.7. The third kappa shape index (κ3) is 3.89. The zero-order valence-electron chi connectivity index (χ0n) is 23.5. The highest BCUT2D eigenvalue weighted by atomic mass is 16.4. The van der Waals surface area contributed by atoms with Gasteiger partial charge in [0.15, 0.2) is 11.2 Å². The lowest BCUT2D eigenvalue weighted by Gasteiger charge is -2.20. The molecule has 0 bridgehead atoms. The summed E-state index contributed by atoms with van der Waals surface area (Å²) in [5.74, 6) is 0.536. The molecule has 0 radical (unpaired) electrons. The standard InChI is InChI=1S/C38H24N4O2/c1-3-11-26(12-4-1)41(27-13-5-2-6-14-27)38-40-31-23-25(19-21-36(31)44-38)37-39-32-24-28(20-22-35(32)43-37)42-33-17-9-7-15-29(33)30-16-8-10-18-34(30)42/h1-24H. The van der Waals surface area contributed by atoms with Crippen LogP contribution in [0.25, 0.3) is 61.1 Å². The van der Waals surface area contributed by atoms with Crippen molar-refractivity contribution in [1.29, 1.82) is 0 Å². The molecule has 208 valence electrons. The van der Waals surface area contributed by atoms with Crippen LogP contribution in [-0.2, 0) is 0 Å². The molecule has 0 aliphatic carbocycles. The Morgan fingerprint density at radius 2 is 1.07 bits per heavy atom. The summed E-state index contributed by atoms with van der Waals surface area (Å²) in [6.45, 7) is 0. The Kier molecular flexibility index (Phi) is 5.40. The molecule has 3 aromatic heterocycles. The number of para-hydroxylation sites is 4. The van der Waals surface area contributed by atoms with Gasteiger partial charge >= 0.3 is 6.01 Å². The van der Waals surface area contributed by atoms with Crippen molar-refractivity contribution < 1.29 is 8.83 Å². The summed E-state index contributed by atoms with van der Waals surface area (Å²) in [5.41, 5.74) is 9.03. The highest BCUT2D eigenvalue weighted by molar-refractivity contribution is 6.09. The van der Waals surface area contributed by atoms with Crippen molar-refractivity contribution >= 4 is 61.4 Å². The lowest BCUT2D eigenvalue weighted by molar-refractivity contribution is 0.608. The van der Waals surface area contributed by atoms with Gasteiger partial charge in [0.2, 0.25) is 5.89 Å². The molecule has 6 aromatic carbocycles. The van der Waals surface area contributed by atoms with Crippen molar-refractivity contribution in [2.24, 2.45) is 0 Å². The Labute approximate surface area is 252 Å². The number of hydrogen-bond acceptors (Lipinski definition) is 5. The van der Waals surface area contributed by atoms with Gasteiger partial charge < -0.3 is 13.4 Å². The van der Waals surface area contributed by atoms with Crippen LogP contribution in [0.5, 0.6) is 0 Å². The van der Waals surface area contributed by atoms with Gasteiger partial charge in [0.05, 0.1) is 22.4 Å². The maximum Gasteiger partial charge on any atom is 0.307 e. The van der Waals surface area contributed by atoms with E-state index < -0.39 is 0 Å². The monoisotopic (exact) mass is 568 g/mol. The molecule has 0 saturated carbocycles. The van der Waals surface area contributed by atoms with Gasteiger partial charge in [0, 0.05) is 22.0 Å². The zero-order chi connectivity index (χ0) is 29.0. The first-order chi connectivity index (χ1) is 21.8. The number of nitrogens with zero attached hydrogens (tertiary/aromatic N) is 4. The number of fused-ring (bicyclic) bond motifs is 5. The number of benzene rings is 6. The number of oxazole rings is 2. The molecular formula is C38H24N4O2. The van der Waals surface area contributed by atoms with E-state index in [-0.39, 0.29) is 0 Å². The second kappa shape index (κ2) is 9.71. The average Bonchev–Trinajstić information content (AvgIpc) is 3.79. The molecule has 0 atom stereocenters. The van der Waals surface area contributed by atoms with E-state index >= 15 is 0 Å². The van der Waals surface area contributed by atoms with E-state index in [9.17, 15) is 0 Å². The molecule has 6 heteroatoms. The zero-order valence-corrected chi connectivity index (χ0v) is 23.5. The van der Waals surface area contributed by atoms with Gasteiger partial charge in [-0.3, -0.25) is 4.90 Å². The highest BCUT2D eigenvalue weighted by Gasteiger charge is 2.20. The van der Waals surface area contributed by atoms with E-state index in [0.717, 1.165) is 50.3 Å². The second-order valence-electron chi connectivity index (χ2n) is 10.7. The normalized spacial score (nSPS) is 11.6. The van der Waals surface area contributed by atoms with Crippen molar-refractivity contribution in [3.63, 3.8) is 0 Å². The summed E-state index contributed by atoms with van der Waals surface area (Å²) >= 11 is 0. The molecule has 0 N–H and O–H groups in total. The van der Waals surface area contributed by atoms with Crippen LogP contribution in [0, 0.1) is 0 Å². The fourth-order valence-corrected chi connectivity index (χ4v) is 6.05. The van der Waals surface area contributed by atoms with Gasteiger partial charge in [-0.1, -0.05) is 72.8 Å².